The fraction of sp³-hybridized carbons (Fsp3) is 0.300. The molecule has 1 aliphatic heterocycles. The maximum Gasteiger partial charge on any atom is 0.289 e. The van der Waals surface area contributed by atoms with Crippen LogP contribution in [-0.4, -0.2) is 44.3 Å². The zero-order chi connectivity index (χ0) is 19.5. The highest BCUT2D eigenvalue weighted by molar-refractivity contribution is 5.93. The van der Waals surface area contributed by atoms with E-state index in [0.717, 1.165) is 11.6 Å². The van der Waals surface area contributed by atoms with Crippen molar-refractivity contribution in [3.8, 4) is 5.82 Å². The number of imidazole rings is 1. The number of nitrogens with zero attached hydrogens (tertiary/aromatic N) is 4. The number of pyridine rings is 1. The number of likely N-dealkylation sites (tertiary alicyclic amines) is 1. The van der Waals surface area contributed by atoms with Gasteiger partial charge in [0, 0.05) is 31.4 Å². The fourth-order valence-electron chi connectivity index (χ4n) is 3.37. The summed E-state index contributed by atoms with van der Waals surface area (Å²) in [5.41, 5.74) is 0.653. The number of rotatable bonds is 4. The lowest BCUT2D eigenvalue weighted by Crippen LogP contribution is -2.41. The molecule has 3 aromatic rings. The predicted molar refractivity (Wildman–Crippen MR) is 102 cm³/mol. The Morgan fingerprint density at radius 2 is 2.00 bits per heavy atom. The highest BCUT2D eigenvalue weighted by Gasteiger charge is 2.28. The van der Waals surface area contributed by atoms with Crippen molar-refractivity contribution in [2.24, 2.45) is 5.92 Å². The molecule has 1 N–H and O–H groups in total. The molecule has 0 unspecified atom stereocenters. The van der Waals surface area contributed by atoms with Gasteiger partial charge in [-0.15, -0.1) is 0 Å². The number of furan rings is 1. The molecular weight excluding hydrogens is 358 g/mol. The molecule has 144 valence electrons. The average molecular weight is 379 g/mol. The van der Waals surface area contributed by atoms with E-state index in [2.05, 4.69) is 15.3 Å². The van der Waals surface area contributed by atoms with Gasteiger partial charge >= 0.3 is 0 Å². The molecule has 0 aromatic carbocycles. The molecule has 0 aliphatic carbocycles. The summed E-state index contributed by atoms with van der Waals surface area (Å²) in [5.74, 6) is 1.63. The van der Waals surface area contributed by atoms with E-state index in [4.69, 9.17) is 4.42 Å². The van der Waals surface area contributed by atoms with Crippen LogP contribution in [0.1, 0.15) is 29.2 Å². The molecule has 0 spiro atoms. The van der Waals surface area contributed by atoms with Crippen LogP contribution in [0.15, 0.2) is 53.5 Å². The van der Waals surface area contributed by atoms with E-state index in [-0.39, 0.29) is 17.7 Å². The van der Waals surface area contributed by atoms with E-state index < -0.39 is 0 Å². The maximum atomic E-state index is 12.6. The number of piperidine rings is 1. The van der Waals surface area contributed by atoms with Crippen molar-refractivity contribution in [1.82, 2.24) is 19.4 Å². The average Bonchev–Trinajstić information content (AvgIpc) is 3.40. The van der Waals surface area contributed by atoms with Crippen molar-refractivity contribution >= 4 is 17.5 Å². The minimum atomic E-state index is -0.128. The molecule has 0 saturated carbocycles. The maximum absolute atomic E-state index is 12.6. The second-order valence-electron chi connectivity index (χ2n) is 6.78. The van der Waals surface area contributed by atoms with Crippen LogP contribution in [0.4, 0.5) is 5.69 Å². The molecule has 3 aromatic heterocycles. The third kappa shape index (κ3) is 3.66. The molecule has 4 rings (SSSR count). The van der Waals surface area contributed by atoms with Gasteiger partial charge in [-0.3, -0.25) is 14.2 Å². The van der Waals surface area contributed by atoms with Crippen LogP contribution in [-0.2, 0) is 4.79 Å². The first-order chi connectivity index (χ1) is 13.6. The number of amides is 2. The van der Waals surface area contributed by atoms with Crippen molar-refractivity contribution in [3.05, 3.63) is 60.7 Å². The lowest BCUT2D eigenvalue weighted by Gasteiger charge is -2.30. The quantitative estimate of drug-likeness (QED) is 0.752. The van der Waals surface area contributed by atoms with Gasteiger partial charge in [-0.1, -0.05) is 0 Å². The van der Waals surface area contributed by atoms with Gasteiger partial charge in [0.05, 0.1) is 18.1 Å². The van der Waals surface area contributed by atoms with Crippen molar-refractivity contribution in [2.75, 3.05) is 18.4 Å². The molecule has 1 aliphatic rings. The molecular formula is C20H21N5O3. The van der Waals surface area contributed by atoms with E-state index in [1.165, 1.54) is 6.26 Å². The largest absolute Gasteiger partial charge is 0.459 e. The Balaban J connectivity index is 1.32. The van der Waals surface area contributed by atoms with Crippen LogP contribution in [0, 0.1) is 12.8 Å². The van der Waals surface area contributed by atoms with Crippen LogP contribution < -0.4 is 5.32 Å². The van der Waals surface area contributed by atoms with E-state index in [9.17, 15) is 9.59 Å². The highest BCUT2D eigenvalue weighted by Crippen LogP contribution is 2.21. The van der Waals surface area contributed by atoms with Crippen LogP contribution >= 0.6 is 0 Å². The van der Waals surface area contributed by atoms with Gasteiger partial charge in [-0.25, -0.2) is 9.97 Å². The van der Waals surface area contributed by atoms with Gasteiger partial charge in [0.25, 0.3) is 5.91 Å². The molecule has 4 heterocycles. The van der Waals surface area contributed by atoms with Gasteiger partial charge in [-0.05, 0) is 44.0 Å². The third-order valence-electron chi connectivity index (χ3n) is 4.97. The van der Waals surface area contributed by atoms with Gasteiger partial charge in [0.15, 0.2) is 5.76 Å². The third-order valence-corrected chi connectivity index (χ3v) is 4.97. The van der Waals surface area contributed by atoms with Gasteiger partial charge in [0.2, 0.25) is 5.91 Å². The first-order valence-corrected chi connectivity index (χ1v) is 9.22. The molecule has 1 fully saturated rings. The van der Waals surface area contributed by atoms with E-state index in [0.29, 0.717) is 37.4 Å². The Hall–Kier alpha value is -3.42. The Bertz CT molecular complexity index is 954. The fourth-order valence-corrected chi connectivity index (χ4v) is 3.37. The first kappa shape index (κ1) is 18.0. The zero-order valence-electron chi connectivity index (χ0n) is 15.5. The molecule has 2 amide bonds. The van der Waals surface area contributed by atoms with Gasteiger partial charge in [-0.2, -0.15) is 0 Å². The van der Waals surface area contributed by atoms with Crippen LogP contribution in [0.3, 0.4) is 0 Å². The van der Waals surface area contributed by atoms with Crippen LogP contribution in [0.2, 0.25) is 0 Å². The predicted octanol–water partition coefficient (Wildman–Crippen LogP) is 2.66. The normalized spacial score (nSPS) is 14.8. The molecule has 0 radical (unpaired) electrons. The molecule has 0 atom stereocenters. The first-order valence-electron chi connectivity index (χ1n) is 9.22. The number of nitrogens with one attached hydrogen (secondary N) is 1. The SMILES string of the molecule is Cc1nccn1-c1ccc(NC(=O)C2CCN(C(=O)c3ccco3)CC2)cn1. The molecule has 0 bridgehead atoms. The van der Waals surface area contributed by atoms with E-state index >= 15 is 0 Å². The Morgan fingerprint density at radius 3 is 2.61 bits per heavy atom. The van der Waals surface area contributed by atoms with Crippen molar-refractivity contribution in [2.45, 2.75) is 19.8 Å². The summed E-state index contributed by atoms with van der Waals surface area (Å²) in [6.07, 6.45) is 7.93. The Kier molecular flexibility index (Phi) is 4.92. The number of aromatic nitrogens is 3. The second kappa shape index (κ2) is 7.67. The van der Waals surface area contributed by atoms with E-state index in [1.54, 1.807) is 29.4 Å². The second-order valence-corrected chi connectivity index (χ2v) is 6.78. The summed E-state index contributed by atoms with van der Waals surface area (Å²) in [6.45, 7) is 2.98. The summed E-state index contributed by atoms with van der Waals surface area (Å²) >= 11 is 0. The summed E-state index contributed by atoms with van der Waals surface area (Å²) < 4.78 is 7.03. The summed E-state index contributed by atoms with van der Waals surface area (Å²) in [4.78, 5) is 35.2. The molecule has 28 heavy (non-hydrogen) atoms. The lowest BCUT2D eigenvalue weighted by atomic mass is 9.95. The van der Waals surface area contributed by atoms with Crippen molar-refractivity contribution in [1.29, 1.82) is 0 Å². The zero-order valence-corrected chi connectivity index (χ0v) is 15.5. The number of aryl methyl sites for hydroxylation is 1. The highest BCUT2D eigenvalue weighted by atomic mass is 16.3. The summed E-state index contributed by atoms with van der Waals surface area (Å²) in [6, 6.07) is 7.02. The number of anilines is 1. The minimum absolute atomic E-state index is 0.0431. The van der Waals surface area contributed by atoms with Crippen molar-refractivity contribution in [3.63, 3.8) is 0 Å². The topological polar surface area (TPSA) is 93.3 Å². The Labute approximate surface area is 162 Å². The Morgan fingerprint density at radius 1 is 1.18 bits per heavy atom. The van der Waals surface area contributed by atoms with E-state index in [1.807, 2.05) is 29.8 Å². The smallest absolute Gasteiger partial charge is 0.289 e. The van der Waals surface area contributed by atoms with Gasteiger partial charge in [0.1, 0.15) is 11.6 Å². The van der Waals surface area contributed by atoms with Crippen molar-refractivity contribution < 1.29 is 14.0 Å². The van der Waals surface area contributed by atoms with Gasteiger partial charge < -0.3 is 14.6 Å². The monoisotopic (exact) mass is 379 g/mol. The number of carbonyl (C=O) groups excluding carboxylic acids is 2. The van der Waals surface area contributed by atoms with Crippen LogP contribution in [0.5, 0.6) is 0 Å². The molecule has 8 heteroatoms. The molecule has 8 nitrogen and oxygen atoms in total. The molecule has 1 saturated heterocycles. The standard InChI is InChI=1S/C20H21N5O3/c1-14-21-8-11-25(14)18-5-4-16(13-22-18)23-19(26)15-6-9-24(10-7-15)20(27)17-3-2-12-28-17/h2-5,8,11-13,15H,6-7,9-10H2,1H3,(H,23,26). The number of carbonyl (C=O) groups is 2. The summed E-state index contributed by atoms with van der Waals surface area (Å²) in [5, 5.41) is 2.92. The minimum Gasteiger partial charge on any atom is -0.459 e. The summed E-state index contributed by atoms with van der Waals surface area (Å²) in [7, 11) is 0. The lowest BCUT2D eigenvalue weighted by molar-refractivity contribution is -0.121. The number of hydrogen-bond acceptors (Lipinski definition) is 5. The number of hydrogen-bond donors (Lipinski definition) is 1. The van der Waals surface area contributed by atoms with Crippen LogP contribution in [0.25, 0.3) is 5.82 Å².